The molecule has 0 bridgehead atoms. The summed E-state index contributed by atoms with van der Waals surface area (Å²) in [7, 11) is 0. The number of aromatic nitrogens is 1. The molecule has 238 valence electrons. The molecule has 0 amide bonds. The topological polar surface area (TPSA) is 91.7 Å². The number of ether oxygens (including phenoxy) is 3. The fraction of sp³-hybridized carbons (Fsp3) is 0.606. The van der Waals surface area contributed by atoms with Crippen molar-refractivity contribution in [1.29, 1.82) is 0 Å². The van der Waals surface area contributed by atoms with Crippen LogP contribution in [0.15, 0.2) is 47.8 Å². The summed E-state index contributed by atoms with van der Waals surface area (Å²) in [6, 6.07) is 4.04. The third-order valence-corrected chi connectivity index (χ3v) is 7.90. The van der Waals surface area contributed by atoms with E-state index in [-0.39, 0.29) is 11.7 Å². The summed E-state index contributed by atoms with van der Waals surface area (Å²) in [5, 5.41) is 13.1. The molecule has 2 N–H and O–H groups in total. The Bertz CT molecular complexity index is 1090. The monoisotopic (exact) mass is 613 g/mol. The summed E-state index contributed by atoms with van der Waals surface area (Å²) in [5.41, 5.74) is 4.40. The third-order valence-electron chi connectivity index (χ3n) is 7.33. The van der Waals surface area contributed by atoms with Crippen LogP contribution in [0.2, 0.25) is 0 Å². The number of nitrogens with zero attached hydrogens (tertiary/aromatic N) is 4. The summed E-state index contributed by atoms with van der Waals surface area (Å²) in [6.07, 6.45) is 8.72. The number of rotatable bonds is 8. The average Bonchev–Trinajstić information content (AvgIpc) is 2.98. The van der Waals surface area contributed by atoms with Crippen molar-refractivity contribution in [2.75, 3.05) is 77.7 Å². The molecular formula is C33H51N5O4S. The van der Waals surface area contributed by atoms with E-state index in [9.17, 15) is 5.11 Å². The minimum absolute atomic E-state index is 0.0376. The molecule has 0 atom stereocenters. The van der Waals surface area contributed by atoms with Crippen LogP contribution < -0.4 is 5.32 Å². The molecule has 0 aromatic carbocycles. The van der Waals surface area contributed by atoms with Gasteiger partial charge in [-0.1, -0.05) is 45.3 Å². The molecule has 0 aliphatic carbocycles. The van der Waals surface area contributed by atoms with Gasteiger partial charge < -0.3 is 24.6 Å². The van der Waals surface area contributed by atoms with Gasteiger partial charge in [-0.05, 0) is 56.9 Å². The number of anilines is 1. The van der Waals surface area contributed by atoms with E-state index in [1.54, 1.807) is 6.08 Å². The number of thiocarbonyl (C=S) groups is 1. The fourth-order valence-corrected chi connectivity index (χ4v) is 4.97. The number of aliphatic hydroxyl groups excluding tert-OH is 1. The van der Waals surface area contributed by atoms with Crippen molar-refractivity contribution in [2.24, 2.45) is 10.9 Å². The Morgan fingerprint density at radius 2 is 1.65 bits per heavy atom. The van der Waals surface area contributed by atoms with Gasteiger partial charge in [-0.2, -0.15) is 0 Å². The molecular weight excluding hydrogens is 562 g/mol. The minimum Gasteiger partial charge on any atom is -0.506 e. The van der Waals surface area contributed by atoms with Crippen molar-refractivity contribution in [3.63, 3.8) is 0 Å². The summed E-state index contributed by atoms with van der Waals surface area (Å²) < 4.78 is 17.9. The lowest BCUT2D eigenvalue weighted by Crippen LogP contribution is -2.34. The molecule has 10 heteroatoms. The molecule has 0 unspecified atom stereocenters. The van der Waals surface area contributed by atoms with Crippen molar-refractivity contribution < 1.29 is 19.3 Å². The first-order valence-corrected chi connectivity index (χ1v) is 16.0. The van der Waals surface area contributed by atoms with Crippen LogP contribution in [0.3, 0.4) is 0 Å². The van der Waals surface area contributed by atoms with Crippen LogP contribution in [0, 0.1) is 5.92 Å². The first-order valence-electron chi connectivity index (χ1n) is 15.6. The van der Waals surface area contributed by atoms with Gasteiger partial charge in [-0.15, -0.1) is 0 Å². The first-order chi connectivity index (χ1) is 20.8. The van der Waals surface area contributed by atoms with E-state index < -0.39 is 0 Å². The summed E-state index contributed by atoms with van der Waals surface area (Å²) in [6.45, 7) is 20.3. The van der Waals surface area contributed by atoms with Crippen LogP contribution in [0.1, 0.15) is 57.3 Å². The first kappa shape index (κ1) is 35.0. The van der Waals surface area contributed by atoms with Gasteiger partial charge in [0, 0.05) is 56.6 Å². The van der Waals surface area contributed by atoms with E-state index in [1.165, 1.54) is 0 Å². The lowest BCUT2D eigenvalue weighted by molar-refractivity contribution is 0.0258. The highest BCUT2D eigenvalue weighted by atomic mass is 32.1. The molecule has 1 aromatic rings. The zero-order valence-electron chi connectivity index (χ0n) is 26.2. The number of pyridine rings is 1. The maximum atomic E-state index is 9.75. The molecule has 0 spiro atoms. The number of hydrogen-bond acceptors (Lipinski definition) is 9. The van der Waals surface area contributed by atoms with Gasteiger partial charge in [0.05, 0.1) is 49.4 Å². The lowest BCUT2D eigenvalue weighted by atomic mass is 10.1. The van der Waals surface area contributed by atoms with Crippen LogP contribution in [0.25, 0.3) is 6.08 Å². The Hall–Kier alpha value is -2.47. The standard InChI is InChI=1S/C33H51N5O4S/c1-5-28-22-30(36-33(43)26(2)3)23-31(34-28)25-38-14-17-40-16-8-6-7-12-37(13-18-41-20-21-42-19-15-38)24-29-10-9-11-32(35-29)27(4)39/h5,11,22-23,26,39H,1,4,6-10,12-21,24-25H2,2-3H3,(H,34,36,43). The zero-order valence-corrected chi connectivity index (χ0v) is 27.0. The minimum atomic E-state index is 0.0376. The van der Waals surface area contributed by atoms with Gasteiger partial charge in [0.2, 0.25) is 0 Å². The van der Waals surface area contributed by atoms with E-state index in [0.717, 1.165) is 99.2 Å². The number of aliphatic imine (C=N–C) groups is 1. The van der Waals surface area contributed by atoms with Crippen LogP contribution >= 0.6 is 12.2 Å². The fourth-order valence-electron chi connectivity index (χ4n) is 4.85. The average molecular weight is 614 g/mol. The van der Waals surface area contributed by atoms with Gasteiger partial charge >= 0.3 is 0 Å². The van der Waals surface area contributed by atoms with Crippen molar-refractivity contribution in [3.8, 4) is 0 Å². The molecule has 3 heterocycles. The summed E-state index contributed by atoms with van der Waals surface area (Å²) in [5.74, 6) is 0.299. The number of nitrogens with one attached hydrogen (secondary N) is 1. The van der Waals surface area contributed by atoms with Gasteiger partial charge in [-0.3, -0.25) is 19.8 Å². The largest absolute Gasteiger partial charge is 0.506 e. The predicted molar refractivity (Wildman–Crippen MR) is 180 cm³/mol. The smallest absolute Gasteiger partial charge is 0.133 e. The summed E-state index contributed by atoms with van der Waals surface area (Å²) in [4.78, 5) is 14.9. The third kappa shape index (κ3) is 13.8. The molecule has 2 aliphatic rings. The molecule has 2 aliphatic heterocycles. The second-order valence-electron chi connectivity index (χ2n) is 11.3. The zero-order chi connectivity index (χ0) is 30.9. The predicted octanol–water partition coefficient (Wildman–Crippen LogP) is 5.65. The Kier molecular flexibility index (Phi) is 16.1. The molecule has 0 saturated carbocycles. The van der Waals surface area contributed by atoms with Crippen molar-refractivity contribution in [1.82, 2.24) is 14.8 Å². The molecule has 1 saturated heterocycles. The van der Waals surface area contributed by atoms with Crippen molar-refractivity contribution in [3.05, 3.63) is 54.2 Å². The normalized spacial score (nSPS) is 19.5. The highest BCUT2D eigenvalue weighted by Crippen LogP contribution is 2.18. The van der Waals surface area contributed by atoms with Crippen molar-refractivity contribution in [2.45, 2.75) is 52.5 Å². The molecule has 3 rings (SSSR count). The Morgan fingerprint density at radius 3 is 2.30 bits per heavy atom. The highest BCUT2D eigenvalue weighted by Gasteiger charge is 2.15. The number of allylic oxidation sites excluding steroid dienone is 1. The number of aliphatic hydroxyl groups is 1. The number of hydrogen-bond donors (Lipinski definition) is 2. The maximum absolute atomic E-state index is 9.75. The Balaban J connectivity index is 1.52. The quantitative estimate of drug-likeness (QED) is 0.285. The van der Waals surface area contributed by atoms with Gasteiger partial charge in [0.1, 0.15) is 11.5 Å². The Morgan fingerprint density at radius 1 is 0.977 bits per heavy atom. The molecule has 1 aromatic heterocycles. The van der Waals surface area contributed by atoms with E-state index in [2.05, 4.69) is 53.2 Å². The molecule has 43 heavy (non-hydrogen) atoms. The van der Waals surface area contributed by atoms with Crippen LogP contribution in [-0.4, -0.2) is 103 Å². The molecule has 9 nitrogen and oxygen atoms in total. The maximum Gasteiger partial charge on any atom is 0.133 e. The van der Waals surface area contributed by atoms with Gasteiger partial charge in [0.15, 0.2) is 0 Å². The van der Waals surface area contributed by atoms with Gasteiger partial charge in [0.25, 0.3) is 0 Å². The van der Waals surface area contributed by atoms with Crippen molar-refractivity contribution >= 4 is 34.7 Å². The SMILES string of the molecule is C=Cc1cc(NC(=S)C(C)C)cc(CN2CCOCCCCCN(CC3=NC(C(=C)O)=CCC3)CCOCCOCC2)n1. The molecule has 0 radical (unpaired) electrons. The second kappa shape index (κ2) is 19.7. The highest BCUT2D eigenvalue weighted by molar-refractivity contribution is 7.80. The lowest BCUT2D eigenvalue weighted by Gasteiger charge is -2.25. The second-order valence-corrected chi connectivity index (χ2v) is 11.8. The van der Waals surface area contributed by atoms with E-state index in [1.807, 2.05) is 12.1 Å². The van der Waals surface area contributed by atoms with E-state index >= 15 is 0 Å². The summed E-state index contributed by atoms with van der Waals surface area (Å²) >= 11 is 5.50. The van der Waals surface area contributed by atoms with E-state index in [0.29, 0.717) is 45.3 Å². The van der Waals surface area contributed by atoms with Crippen LogP contribution in [0.5, 0.6) is 0 Å². The van der Waals surface area contributed by atoms with Gasteiger partial charge in [-0.25, -0.2) is 0 Å². The molecule has 1 fully saturated rings. The van der Waals surface area contributed by atoms with E-state index in [4.69, 9.17) is 31.4 Å². The Labute approximate surface area is 263 Å². The van der Waals surface area contributed by atoms with Crippen LogP contribution in [0.4, 0.5) is 5.69 Å². The van der Waals surface area contributed by atoms with Crippen LogP contribution in [-0.2, 0) is 20.8 Å².